The lowest BCUT2D eigenvalue weighted by molar-refractivity contribution is 0.0835. The number of hydrogen-bond donors (Lipinski definition) is 2. The molecule has 4 N–H and O–H groups in total. The lowest BCUT2D eigenvalue weighted by atomic mass is 9.86. The van der Waals surface area contributed by atoms with Crippen molar-refractivity contribution in [2.24, 2.45) is 11.5 Å². The first kappa shape index (κ1) is 9.98. The molecule has 0 heterocycles. The van der Waals surface area contributed by atoms with Gasteiger partial charge in [0, 0.05) is 6.04 Å². The molecule has 1 aromatic rings. The van der Waals surface area contributed by atoms with E-state index in [9.17, 15) is 4.79 Å². The summed E-state index contributed by atoms with van der Waals surface area (Å²) in [5.41, 5.74) is 13.1. The van der Waals surface area contributed by atoms with E-state index in [4.69, 9.17) is 16.2 Å². The summed E-state index contributed by atoms with van der Waals surface area (Å²) in [5.74, 6) is 0. The Hall–Kier alpha value is -1.55. The molecule has 1 aliphatic carbocycles. The van der Waals surface area contributed by atoms with Crippen molar-refractivity contribution in [3.05, 3.63) is 35.4 Å². The van der Waals surface area contributed by atoms with Crippen LogP contribution in [0.25, 0.3) is 0 Å². The average Bonchev–Trinajstić information content (AvgIpc) is 2.22. The highest BCUT2D eigenvalue weighted by molar-refractivity contribution is 5.65. The number of primary amides is 1. The van der Waals surface area contributed by atoms with Crippen molar-refractivity contribution in [3.63, 3.8) is 0 Å². The highest BCUT2D eigenvalue weighted by Crippen LogP contribution is 2.31. The van der Waals surface area contributed by atoms with Gasteiger partial charge in [0.1, 0.15) is 6.10 Å². The number of amides is 1. The largest absolute Gasteiger partial charge is 0.440 e. The second-order valence-corrected chi connectivity index (χ2v) is 3.76. The van der Waals surface area contributed by atoms with Gasteiger partial charge in [0.15, 0.2) is 0 Å². The smallest absolute Gasteiger partial charge is 0.405 e. The maximum atomic E-state index is 10.8. The Balaban J connectivity index is 2.32. The molecule has 2 rings (SSSR count). The van der Waals surface area contributed by atoms with E-state index >= 15 is 0 Å². The number of hydrogen-bond acceptors (Lipinski definition) is 3. The minimum Gasteiger partial charge on any atom is -0.440 e. The van der Waals surface area contributed by atoms with Crippen LogP contribution >= 0.6 is 0 Å². The maximum absolute atomic E-state index is 10.8. The molecule has 0 saturated heterocycles. The highest BCUT2D eigenvalue weighted by atomic mass is 16.6. The number of fused-ring (bicyclic) bond motifs is 1. The highest BCUT2D eigenvalue weighted by Gasteiger charge is 2.29. The molecular weight excluding hydrogens is 192 g/mol. The molecule has 0 spiro atoms. The molecule has 4 nitrogen and oxygen atoms in total. The van der Waals surface area contributed by atoms with Gasteiger partial charge in [-0.3, -0.25) is 0 Å². The fourth-order valence-corrected chi connectivity index (χ4v) is 2.02. The zero-order valence-electron chi connectivity index (χ0n) is 8.35. The van der Waals surface area contributed by atoms with E-state index in [1.807, 2.05) is 24.3 Å². The third-order valence-corrected chi connectivity index (χ3v) is 2.74. The van der Waals surface area contributed by atoms with E-state index in [1.165, 1.54) is 5.56 Å². The first-order valence-corrected chi connectivity index (χ1v) is 4.98. The van der Waals surface area contributed by atoms with E-state index in [0.717, 1.165) is 18.4 Å². The molecule has 0 radical (unpaired) electrons. The van der Waals surface area contributed by atoms with E-state index < -0.39 is 12.2 Å². The molecule has 0 bridgehead atoms. The molecule has 1 amide bonds. The minimum atomic E-state index is -0.771. The summed E-state index contributed by atoms with van der Waals surface area (Å²) in [5, 5.41) is 0. The summed E-state index contributed by atoms with van der Waals surface area (Å²) in [6.07, 6.45) is 0.574. The van der Waals surface area contributed by atoms with Crippen LogP contribution < -0.4 is 11.5 Å². The Morgan fingerprint density at radius 1 is 1.40 bits per heavy atom. The van der Waals surface area contributed by atoms with E-state index in [-0.39, 0.29) is 6.04 Å². The minimum absolute atomic E-state index is 0.160. The predicted molar refractivity (Wildman–Crippen MR) is 56.1 cm³/mol. The van der Waals surface area contributed by atoms with Gasteiger partial charge in [0.05, 0.1) is 0 Å². The van der Waals surface area contributed by atoms with E-state index in [2.05, 4.69) is 0 Å². The van der Waals surface area contributed by atoms with Crippen LogP contribution in [0.1, 0.15) is 23.7 Å². The normalized spacial score (nSPS) is 24.3. The Bertz CT molecular complexity index is 379. The summed E-state index contributed by atoms with van der Waals surface area (Å²) in [4.78, 5) is 10.8. The Kier molecular flexibility index (Phi) is 2.60. The SMILES string of the molecule is NC(=O)O[C@@H]1c2ccccc2CC[C@@H]1N. The standard InChI is InChI=1S/C11H14N2O2/c12-9-6-5-7-3-1-2-4-8(7)10(9)15-11(13)14/h1-4,9-10H,5-6,12H2,(H2,13,14)/t9-,10+/m0/s1. The molecule has 0 aromatic heterocycles. The number of ether oxygens (including phenoxy) is 1. The molecule has 1 aliphatic rings. The van der Waals surface area contributed by atoms with Crippen molar-refractivity contribution in [3.8, 4) is 0 Å². The van der Waals surface area contributed by atoms with Gasteiger partial charge < -0.3 is 16.2 Å². The first-order valence-electron chi connectivity index (χ1n) is 4.98. The van der Waals surface area contributed by atoms with Gasteiger partial charge in [-0.2, -0.15) is 0 Å². The van der Waals surface area contributed by atoms with Crippen LogP contribution in [-0.2, 0) is 11.2 Å². The van der Waals surface area contributed by atoms with Crippen LogP contribution in [0, 0.1) is 0 Å². The zero-order chi connectivity index (χ0) is 10.8. The van der Waals surface area contributed by atoms with Gasteiger partial charge in [-0.15, -0.1) is 0 Å². The number of benzene rings is 1. The summed E-state index contributed by atoms with van der Waals surface area (Å²) in [6, 6.07) is 7.68. The molecule has 2 atom stereocenters. The van der Waals surface area contributed by atoms with Crippen molar-refractivity contribution in [2.75, 3.05) is 0 Å². The molecule has 0 unspecified atom stereocenters. The molecule has 0 saturated carbocycles. The van der Waals surface area contributed by atoms with Crippen LogP contribution in [-0.4, -0.2) is 12.1 Å². The molecule has 0 fully saturated rings. The number of nitrogens with two attached hydrogens (primary N) is 2. The van der Waals surface area contributed by atoms with Crippen LogP contribution in [0.2, 0.25) is 0 Å². The molecule has 1 aromatic carbocycles. The van der Waals surface area contributed by atoms with Crippen LogP contribution in [0.3, 0.4) is 0 Å². The molecule has 4 heteroatoms. The Morgan fingerprint density at radius 2 is 2.13 bits per heavy atom. The zero-order valence-corrected chi connectivity index (χ0v) is 8.35. The van der Waals surface area contributed by atoms with Crippen molar-refractivity contribution >= 4 is 6.09 Å². The molecule has 15 heavy (non-hydrogen) atoms. The Labute approximate surface area is 88.2 Å². The summed E-state index contributed by atoms with van der Waals surface area (Å²) < 4.78 is 5.04. The number of aryl methyl sites for hydroxylation is 1. The second-order valence-electron chi connectivity index (χ2n) is 3.76. The Morgan fingerprint density at radius 3 is 2.87 bits per heavy atom. The second kappa shape index (κ2) is 3.90. The third-order valence-electron chi connectivity index (χ3n) is 2.74. The summed E-state index contributed by atoms with van der Waals surface area (Å²) >= 11 is 0. The van der Waals surface area contributed by atoms with Crippen LogP contribution in [0.15, 0.2) is 24.3 Å². The van der Waals surface area contributed by atoms with Gasteiger partial charge >= 0.3 is 6.09 Å². The number of rotatable bonds is 1. The fraction of sp³-hybridized carbons (Fsp3) is 0.364. The van der Waals surface area contributed by atoms with Gasteiger partial charge in [-0.1, -0.05) is 24.3 Å². The van der Waals surface area contributed by atoms with Gasteiger partial charge in [0.2, 0.25) is 0 Å². The number of carbonyl (C=O) groups is 1. The maximum Gasteiger partial charge on any atom is 0.405 e. The van der Waals surface area contributed by atoms with Gasteiger partial charge in [0.25, 0.3) is 0 Å². The van der Waals surface area contributed by atoms with Crippen molar-refractivity contribution in [1.82, 2.24) is 0 Å². The summed E-state index contributed by atoms with van der Waals surface area (Å²) in [6.45, 7) is 0. The predicted octanol–water partition coefficient (Wildman–Crippen LogP) is 1.10. The molecule has 0 aliphatic heterocycles. The lowest BCUT2D eigenvalue weighted by Gasteiger charge is -2.30. The average molecular weight is 206 g/mol. The third kappa shape index (κ3) is 1.94. The van der Waals surface area contributed by atoms with Crippen LogP contribution in [0.4, 0.5) is 4.79 Å². The topological polar surface area (TPSA) is 78.3 Å². The first-order chi connectivity index (χ1) is 7.18. The van der Waals surface area contributed by atoms with E-state index in [0.29, 0.717) is 0 Å². The van der Waals surface area contributed by atoms with Crippen molar-refractivity contribution in [2.45, 2.75) is 25.0 Å². The molecular formula is C11H14N2O2. The summed E-state index contributed by atoms with van der Waals surface area (Å²) in [7, 11) is 0. The van der Waals surface area contributed by atoms with Crippen molar-refractivity contribution in [1.29, 1.82) is 0 Å². The quantitative estimate of drug-likeness (QED) is 0.722. The van der Waals surface area contributed by atoms with Crippen molar-refractivity contribution < 1.29 is 9.53 Å². The number of carbonyl (C=O) groups excluding carboxylic acids is 1. The monoisotopic (exact) mass is 206 g/mol. The lowest BCUT2D eigenvalue weighted by Crippen LogP contribution is -2.36. The van der Waals surface area contributed by atoms with E-state index in [1.54, 1.807) is 0 Å². The van der Waals surface area contributed by atoms with Crippen LogP contribution in [0.5, 0.6) is 0 Å². The fourth-order valence-electron chi connectivity index (χ4n) is 2.02. The van der Waals surface area contributed by atoms with Gasteiger partial charge in [-0.05, 0) is 24.0 Å². The van der Waals surface area contributed by atoms with Gasteiger partial charge in [-0.25, -0.2) is 4.79 Å². The molecule has 80 valence electrons.